The van der Waals surface area contributed by atoms with Gasteiger partial charge < -0.3 is 11.1 Å². The van der Waals surface area contributed by atoms with E-state index in [1.165, 1.54) is 6.07 Å². The van der Waals surface area contributed by atoms with Gasteiger partial charge in [0.2, 0.25) is 0 Å². The molecule has 1 atom stereocenters. The second kappa shape index (κ2) is 5.44. The Morgan fingerprint density at radius 2 is 2.00 bits per heavy atom. The van der Waals surface area contributed by atoms with Crippen LogP contribution in [0.15, 0.2) is 18.2 Å². The van der Waals surface area contributed by atoms with E-state index in [4.69, 9.17) is 5.73 Å². The highest BCUT2D eigenvalue weighted by Crippen LogP contribution is 2.16. The van der Waals surface area contributed by atoms with Crippen LogP contribution in [-0.2, 0) is 0 Å². The van der Waals surface area contributed by atoms with Crippen molar-refractivity contribution in [2.45, 2.75) is 26.3 Å². The molecule has 0 fully saturated rings. The quantitative estimate of drug-likeness (QED) is 0.866. The smallest absolute Gasteiger partial charge is 0.251 e. The number of rotatable bonds is 4. The van der Waals surface area contributed by atoms with Crippen LogP contribution in [0, 0.1) is 17.6 Å². The van der Waals surface area contributed by atoms with Crippen LogP contribution in [0.2, 0.25) is 0 Å². The average Bonchev–Trinajstić information content (AvgIpc) is 2.32. The maximum Gasteiger partial charge on any atom is 0.251 e. The number of carbonyl (C=O) groups excluding carboxylic acids is 1. The van der Waals surface area contributed by atoms with Gasteiger partial charge in [-0.1, -0.05) is 13.8 Å². The lowest BCUT2D eigenvalue weighted by Gasteiger charge is -2.33. The van der Waals surface area contributed by atoms with Gasteiger partial charge in [-0.25, -0.2) is 8.78 Å². The van der Waals surface area contributed by atoms with Crippen LogP contribution in [-0.4, -0.2) is 18.0 Å². The molecule has 0 spiro atoms. The summed E-state index contributed by atoms with van der Waals surface area (Å²) in [6, 6.07) is 3.05. The Labute approximate surface area is 105 Å². The van der Waals surface area contributed by atoms with Crippen molar-refractivity contribution >= 4 is 5.91 Å². The molecule has 0 aliphatic rings. The summed E-state index contributed by atoms with van der Waals surface area (Å²) in [5.41, 5.74) is 5.14. The fourth-order valence-electron chi connectivity index (χ4n) is 1.40. The highest BCUT2D eigenvalue weighted by atomic mass is 19.2. The minimum atomic E-state index is -1.04. The minimum absolute atomic E-state index is 0.0780. The van der Waals surface area contributed by atoms with Gasteiger partial charge in [0.15, 0.2) is 11.6 Å². The van der Waals surface area contributed by atoms with E-state index in [0.29, 0.717) is 0 Å². The minimum Gasteiger partial charge on any atom is -0.345 e. The second-order valence-electron chi connectivity index (χ2n) is 4.86. The molecule has 1 aromatic rings. The highest BCUT2D eigenvalue weighted by molar-refractivity contribution is 5.94. The Bertz CT molecular complexity index is 449. The Morgan fingerprint density at radius 1 is 1.39 bits per heavy atom. The van der Waals surface area contributed by atoms with E-state index >= 15 is 0 Å². The normalized spacial score (nSPS) is 14.4. The standard InChI is InChI=1S/C13H18F2N2O/c1-8(2)13(3,7-16)17-12(18)9-4-5-10(14)11(15)6-9/h4-6,8H,7,16H2,1-3H3,(H,17,18). The monoisotopic (exact) mass is 256 g/mol. The molecule has 3 nitrogen and oxygen atoms in total. The van der Waals surface area contributed by atoms with E-state index < -0.39 is 23.1 Å². The first-order chi connectivity index (χ1) is 8.30. The van der Waals surface area contributed by atoms with Crippen LogP contribution in [0.25, 0.3) is 0 Å². The van der Waals surface area contributed by atoms with E-state index in [2.05, 4.69) is 5.32 Å². The maximum atomic E-state index is 13.0. The van der Waals surface area contributed by atoms with E-state index in [1.807, 2.05) is 20.8 Å². The molecule has 5 heteroatoms. The zero-order valence-electron chi connectivity index (χ0n) is 10.8. The summed E-state index contributed by atoms with van der Waals surface area (Å²) in [5.74, 6) is -2.36. The Hall–Kier alpha value is -1.49. The van der Waals surface area contributed by atoms with Crippen LogP contribution in [0.3, 0.4) is 0 Å². The molecule has 0 aliphatic heterocycles. The number of carbonyl (C=O) groups is 1. The molecule has 0 bridgehead atoms. The summed E-state index contributed by atoms with van der Waals surface area (Å²) >= 11 is 0. The third-order valence-electron chi connectivity index (χ3n) is 3.28. The first-order valence-electron chi connectivity index (χ1n) is 5.78. The molecule has 0 aromatic heterocycles. The van der Waals surface area contributed by atoms with Gasteiger partial charge in [0.25, 0.3) is 5.91 Å². The van der Waals surface area contributed by atoms with Gasteiger partial charge in [-0.2, -0.15) is 0 Å². The second-order valence-corrected chi connectivity index (χ2v) is 4.86. The number of hydrogen-bond donors (Lipinski definition) is 2. The van der Waals surface area contributed by atoms with Gasteiger partial charge in [0.05, 0.1) is 5.54 Å². The van der Waals surface area contributed by atoms with Crippen molar-refractivity contribution < 1.29 is 13.6 Å². The lowest BCUT2D eigenvalue weighted by Crippen LogP contribution is -2.55. The van der Waals surface area contributed by atoms with Crippen molar-refractivity contribution in [3.05, 3.63) is 35.4 Å². The summed E-state index contributed by atoms with van der Waals surface area (Å²) in [7, 11) is 0. The van der Waals surface area contributed by atoms with Crippen molar-refractivity contribution in [3.63, 3.8) is 0 Å². The molecule has 0 heterocycles. The molecule has 1 aromatic carbocycles. The maximum absolute atomic E-state index is 13.0. The summed E-state index contributed by atoms with van der Waals surface area (Å²) < 4.78 is 25.8. The van der Waals surface area contributed by atoms with Gasteiger partial charge in [-0.15, -0.1) is 0 Å². The number of nitrogens with one attached hydrogen (secondary N) is 1. The first-order valence-corrected chi connectivity index (χ1v) is 5.78. The van der Waals surface area contributed by atoms with E-state index in [-0.39, 0.29) is 18.0 Å². The fourth-order valence-corrected chi connectivity index (χ4v) is 1.40. The zero-order chi connectivity index (χ0) is 13.9. The van der Waals surface area contributed by atoms with E-state index in [9.17, 15) is 13.6 Å². The van der Waals surface area contributed by atoms with Crippen LogP contribution >= 0.6 is 0 Å². The summed E-state index contributed by atoms with van der Waals surface area (Å²) in [5, 5.41) is 2.75. The van der Waals surface area contributed by atoms with Crippen LogP contribution < -0.4 is 11.1 Å². The van der Waals surface area contributed by atoms with E-state index in [0.717, 1.165) is 12.1 Å². The van der Waals surface area contributed by atoms with Gasteiger partial charge >= 0.3 is 0 Å². The van der Waals surface area contributed by atoms with Gasteiger partial charge in [-0.05, 0) is 31.0 Å². The number of nitrogens with two attached hydrogens (primary N) is 1. The van der Waals surface area contributed by atoms with Crippen molar-refractivity contribution in [1.29, 1.82) is 0 Å². The Morgan fingerprint density at radius 3 is 2.44 bits per heavy atom. The highest BCUT2D eigenvalue weighted by Gasteiger charge is 2.29. The Kier molecular flexibility index (Phi) is 4.40. The van der Waals surface area contributed by atoms with Crippen molar-refractivity contribution in [3.8, 4) is 0 Å². The largest absolute Gasteiger partial charge is 0.345 e. The van der Waals surface area contributed by atoms with E-state index in [1.54, 1.807) is 0 Å². The van der Waals surface area contributed by atoms with Crippen LogP contribution in [0.5, 0.6) is 0 Å². The molecular formula is C13H18F2N2O. The first kappa shape index (κ1) is 14.6. The average molecular weight is 256 g/mol. The SMILES string of the molecule is CC(C)C(C)(CN)NC(=O)c1ccc(F)c(F)c1. The summed E-state index contributed by atoms with van der Waals surface area (Å²) in [6.07, 6.45) is 0. The number of hydrogen-bond acceptors (Lipinski definition) is 2. The van der Waals surface area contributed by atoms with Gasteiger partial charge in [-0.3, -0.25) is 4.79 Å². The van der Waals surface area contributed by atoms with Crippen molar-refractivity contribution in [2.75, 3.05) is 6.54 Å². The zero-order valence-corrected chi connectivity index (χ0v) is 10.8. The lowest BCUT2D eigenvalue weighted by molar-refractivity contribution is 0.0882. The molecule has 100 valence electrons. The topological polar surface area (TPSA) is 55.1 Å². The summed E-state index contributed by atoms with van der Waals surface area (Å²) in [4.78, 5) is 11.9. The predicted molar refractivity (Wildman–Crippen MR) is 66.1 cm³/mol. The van der Waals surface area contributed by atoms with Crippen molar-refractivity contribution in [1.82, 2.24) is 5.32 Å². The molecule has 0 radical (unpaired) electrons. The van der Waals surface area contributed by atoms with Crippen LogP contribution in [0.1, 0.15) is 31.1 Å². The number of amides is 1. The lowest BCUT2D eigenvalue weighted by atomic mass is 9.88. The molecule has 0 saturated heterocycles. The van der Waals surface area contributed by atoms with Gasteiger partial charge in [0.1, 0.15) is 0 Å². The molecule has 3 N–H and O–H groups in total. The molecule has 0 saturated carbocycles. The molecule has 1 unspecified atom stereocenters. The molecule has 1 rings (SSSR count). The van der Waals surface area contributed by atoms with Gasteiger partial charge in [0, 0.05) is 12.1 Å². The molecule has 0 aliphatic carbocycles. The predicted octanol–water partition coefficient (Wildman–Crippen LogP) is 2.07. The van der Waals surface area contributed by atoms with Crippen LogP contribution in [0.4, 0.5) is 8.78 Å². The number of halogens is 2. The fraction of sp³-hybridized carbons (Fsp3) is 0.462. The van der Waals surface area contributed by atoms with Crippen molar-refractivity contribution in [2.24, 2.45) is 11.7 Å². The Balaban J connectivity index is 2.91. The molecular weight excluding hydrogens is 238 g/mol. The third-order valence-corrected chi connectivity index (χ3v) is 3.28. The molecule has 1 amide bonds. The summed E-state index contributed by atoms with van der Waals surface area (Å²) in [6.45, 7) is 5.94. The number of benzene rings is 1. The third kappa shape index (κ3) is 3.04. The molecule has 18 heavy (non-hydrogen) atoms.